The van der Waals surface area contributed by atoms with Gasteiger partial charge in [-0.05, 0) is 25.5 Å². The van der Waals surface area contributed by atoms with Crippen LogP contribution in [0.15, 0.2) is 24.3 Å². The number of hydrogen-bond donors (Lipinski definition) is 1. The SMILES string of the molecule is CCCC(=O)N(O)c1ccc(C)cc1. The summed E-state index contributed by atoms with van der Waals surface area (Å²) in [5.41, 5.74) is 1.62. The molecule has 0 aromatic heterocycles. The van der Waals surface area contributed by atoms with Crippen LogP contribution in [-0.4, -0.2) is 11.1 Å². The molecule has 1 aromatic rings. The zero-order valence-electron chi connectivity index (χ0n) is 8.53. The second-order valence-corrected chi connectivity index (χ2v) is 3.29. The third-order valence-electron chi connectivity index (χ3n) is 1.98. The van der Waals surface area contributed by atoms with Gasteiger partial charge in [0.15, 0.2) is 0 Å². The van der Waals surface area contributed by atoms with E-state index in [9.17, 15) is 10.0 Å². The Labute approximate surface area is 83.9 Å². The molecule has 1 rings (SSSR count). The molecule has 1 N–H and O–H groups in total. The smallest absolute Gasteiger partial charge is 0.250 e. The Morgan fingerprint density at radius 2 is 1.93 bits per heavy atom. The van der Waals surface area contributed by atoms with Gasteiger partial charge < -0.3 is 0 Å². The number of carbonyl (C=O) groups excluding carboxylic acids is 1. The Hall–Kier alpha value is -1.35. The van der Waals surface area contributed by atoms with E-state index in [1.807, 2.05) is 26.0 Å². The molecule has 3 nitrogen and oxygen atoms in total. The lowest BCUT2D eigenvalue weighted by atomic mass is 10.2. The molecule has 76 valence electrons. The zero-order chi connectivity index (χ0) is 10.6. The van der Waals surface area contributed by atoms with E-state index in [-0.39, 0.29) is 5.91 Å². The highest BCUT2D eigenvalue weighted by Crippen LogP contribution is 2.14. The highest BCUT2D eigenvalue weighted by atomic mass is 16.5. The topological polar surface area (TPSA) is 40.5 Å². The highest BCUT2D eigenvalue weighted by molar-refractivity contribution is 5.90. The van der Waals surface area contributed by atoms with E-state index >= 15 is 0 Å². The Bertz CT molecular complexity index is 306. The number of carbonyl (C=O) groups is 1. The van der Waals surface area contributed by atoms with Gasteiger partial charge in [0.05, 0.1) is 5.69 Å². The summed E-state index contributed by atoms with van der Waals surface area (Å²) in [6.45, 7) is 3.86. The molecule has 0 radical (unpaired) electrons. The van der Waals surface area contributed by atoms with Gasteiger partial charge in [-0.1, -0.05) is 24.6 Å². The van der Waals surface area contributed by atoms with Crippen LogP contribution < -0.4 is 5.06 Å². The first kappa shape index (κ1) is 10.7. The van der Waals surface area contributed by atoms with Gasteiger partial charge in [0.2, 0.25) is 0 Å². The number of aryl methyl sites for hydroxylation is 1. The number of amides is 1. The van der Waals surface area contributed by atoms with E-state index in [1.54, 1.807) is 12.1 Å². The van der Waals surface area contributed by atoms with Crippen molar-refractivity contribution in [3.8, 4) is 0 Å². The number of anilines is 1. The largest absolute Gasteiger partial charge is 0.281 e. The van der Waals surface area contributed by atoms with Gasteiger partial charge in [-0.25, -0.2) is 0 Å². The molecule has 0 saturated carbocycles. The number of benzene rings is 1. The molecule has 0 bridgehead atoms. The maximum absolute atomic E-state index is 11.3. The quantitative estimate of drug-likeness (QED) is 0.592. The summed E-state index contributed by atoms with van der Waals surface area (Å²) in [6, 6.07) is 7.17. The van der Waals surface area contributed by atoms with Crippen LogP contribution in [0.3, 0.4) is 0 Å². The van der Waals surface area contributed by atoms with Crippen LogP contribution in [0.5, 0.6) is 0 Å². The molecule has 0 atom stereocenters. The summed E-state index contributed by atoms with van der Waals surface area (Å²) < 4.78 is 0. The maximum Gasteiger partial charge on any atom is 0.250 e. The van der Waals surface area contributed by atoms with Crippen LogP contribution in [-0.2, 0) is 4.79 Å². The van der Waals surface area contributed by atoms with E-state index in [4.69, 9.17) is 0 Å². The van der Waals surface area contributed by atoms with Gasteiger partial charge in [-0.15, -0.1) is 0 Å². The molecule has 0 aliphatic carbocycles. The fourth-order valence-electron chi connectivity index (χ4n) is 1.15. The lowest BCUT2D eigenvalue weighted by Gasteiger charge is -2.14. The summed E-state index contributed by atoms with van der Waals surface area (Å²) in [5, 5.41) is 10.2. The van der Waals surface area contributed by atoms with Crippen molar-refractivity contribution in [2.24, 2.45) is 0 Å². The fraction of sp³-hybridized carbons (Fsp3) is 0.364. The molecule has 14 heavy (non-hydrogen) atoms. The van der Waals surface area contributed by atoms with E-state index in [1.165, 1.54) is 0 Å². The van der Waals surface area contributed by atoms with Gasteiger partial charge in [0, 0.05) is 6.42 Å². The highest BCUT2D eigenvalue weighted by Gasteiger charge is 2.10. The Morgan fingerprint density at radius 1 is 1.36 bits per heavy atom. The Kier molecular flexibility index (Phi) is 3.65. The normalized spacial score (nSPS) is 9.93. The first-order chi connectivity index (χ1) is 6.65. The Balaban J connectivity index is 2.73. The minimum absolute atomic E-state index is 0.267. The van der Waals surface area contributed by atoms with E-state index in [0.29, 0.717) is 17.2 Å². The van der Waals surface area contributed by atoms with Gasteiger partial charge in [-0.2, -0.15) is 5.06 Å². The lowest BCUT2D eigenvalue weighted by Crippen LogP contribution is -2.26. The maximum atomic E-state index is 11.3. The van der Waals surface area contributed by atoms with E-state index in [2.05, 4.69) is 0 Å². The van der Waals surface area contributed by atoms with Crippen LogP contribution in [0.2, 0.25) is 0 Å². The van der Waals surface area contributed by atoms with Gasteiger partial charge in [0.1, 0.15) is 0 Å². The summed E-state index contributed by atoms with van der Waals surface area (Å²) in [5.74, 6) is -0.267. The first-order valence-corrected chi connectivity index (χ1v) is 4.73. The fourth-order valence-corrected chi connectivity index (χ4v) is 1.15. The van der Waals surface area contributed by atoms with Crippen LogP contribution >= 0.6 is 0 Å². The van der Waals surface area contributed by atoms with Crippen molar-refractivity contribution in [2.75, 3.05) is 5.06 Å². The van der Waals surface area contributed by atoms with Crippen molar-refractivity contribution < 1.29 is 10.0 Å². The number of hydroxylamine groups is 1. The minimum atomic E-state index is -0.267. The molecule has 0 unspecified atom stereocenters. The van der Waals surface area contributed by atoms with Crippen molar-refractivity contribution >= 4 is 11.6 Å². The minimum Gasteiger partial charge on any atom is -0.281 e. The molecule has 3 heteroatoms. The number of hydrogen-bond acceptors (Lipinski definition) is 2. The van der Waals surface area contributed by atoms with E-state index < -0.39 is 0 Å². The molecule has 0 heterocycles. The first-order valence-electron chi connectivity index (χ1n) is 4.73. The molecule has 0 spiro atoms. The predicted octanol–water partition coefficient (Wildman–Crippen LogP) is 2.52. The monoisotopic (exact) mass is 193 g/mol. The summed E-state index contributed by atoms with van der Waals surface area (Å²) in [7, 11) is 0. The van der Waals surface area contributed by atoms with E-state index in [0.717, 1.165) is 12.0 Å². The molecule has 0 fully saturated rings. The molecule has 0 aliphatic rings. The Morgan fingerprint density at radius 3 is 2.43 bits per heavy atom. The number of rotatable bonds is 3. The van der Waals surface area contributed by atoms with Crippen molar-refractivity contribution in [2.45, 2.75) is 26.7 Å². The number of nitrogens with zero attached hydrogens (tertiary/aromatic N) is 1. The van der Waals surface area contributed by atoms with Crippen LogP contribution in [0, 0.1) is 6.92 Å². The average molecular weight is 193 g/mol. The second-order valence-electron chi connectivity index (χ2n) is 3.29. The summed E-state index contributed by atoms with van der Waals surface area (Å²) in [6.07, 6.45) is 1.10. The van der Waals surface area contributed by atoms with Gasteiger partial charge in [0.25, 0.3) is 5.91 Å². The van der Waals surface area contributed by atoms with Crippen molar-refractivity contribution in [3.05, 3.63) is 29.8 Å². The zero-order valence-corrected chi connectivity index (χ0v) is 8.53. The van der Waals surface area contributed by atoms with Gasteiger partial charge in [-0.3, -0.25) is 10.0 Å². The van der Waals surface area contributed by atoms with Crippen LogP contribution in [0.4, 0.5) is 5.69 Å². The second kappa shape index (κ2) is 4.77. The van der Waals surface area contributed by atoms with Crippen LogP contribution in [0.25, 0.3) is 0 Å². The third kappa shape index (κ3) is 2.57. The summed E-state index contributed by atoms with van der Waals surface area (Å²) >= 11 is 0. The van der Waals surface area contributed by atoms with Crippen molar-refractivity contribution in [3.63, 3.8) is 0 Å². The predicted molar refractivity (Wildman–Crippen MR) is 55.4 cm³/mol. The molecular weight excluding hydrogens is 178 g/mol. The summed E-state index contributed by atoms with van der Waals surface area (Å²) in [4.78, 5) is 11.3. The molecule has 0 aliphatic heterocycles. The molecular formula is C11H15NO2. The third-order valence-corrected chi connectivity index (χ3v) is 1.98. The van der Waals surface area contributed by atoms with Crippen molar-refractivity contribution in [1.82, 2.24) is 0 Å². The van der Waals surface area contributed by atoms with Gasteiger partial charge >= 0.3 is 0 Å². The van der Waals surface area contributed by atoms with Crippen molar-refractivity contribution in [1.29, 1.82) is 0 Å². The standard InChI is InChI=1S/C11H15NO2/c1-3-4-11(13)12(14)10-7-5-9(2)6-8-10/h5-8,14H,3-4H2,1-2H3. The lowest BCUT2D eigenvalue weighted by molar-refractivity contribution is -0.123. The molecule has 1 aromatic carbocycles. The van der Waals surface area contributed by atoms with Crippen LogP contribution in [0.1, 0.15) is 25.3 Å². The molecule has 0 saturated heterocycles. The molecule has 1 amide bonds. The average Bonchev–Trinajstić information content (AvgIpc) is 2.18.